The summed E-state index contributed by atoms with van der Waals surface area (Å²) in [6.45, 7) is 23.3. The Bertz CT molecular complexity index is 2850. The fraction of sp³-hybridized carbons (Fsp3) is 0.607. The van der Waals surface area contributed by atoms with E-state index >= 15 is 0 Å². The number of hydrogen-bond acceptors (Lipinski definition) is 13. The van der Waals surface area contributed by atoms with E-state index in [1.54, 1.807) is 27.3 Å². The normalized spacial score (nSPS) is 19.9. The number of amides is 3. The van der Waals surface area contributed by atoms with E-state index in [0.717, 1.165) is 110 Å². The Balaban J connectivity index is 0.785. The molecule has 0 radical (unpaired) electrons. The van der Waals surface area contributed by atoms with Crippen molar-refractivity contribution in [1.29, 1.82) is 0 Å². The Morgan fingerprint density at radius 1 is 0.852 bits per heavy atom. The number of thiazole rings is 1. The molecule has 2 aromatic carbocycles. The van der Waals surface area contributed by atoms with Crippen LogP contribution in [0.4, 0.5) is 23.9 Å². The number of rotatable bonds is 22. The number of nitrogens with zero attached hydrogens (tertiary/aromatic N) is 8. The van der Waals surface area contributed by atoms with Gasteiger partial charge in [0.25, 0.3) is 0 Å². The number of carbonyl (C=O) groups excluding carboxylic acids is 3. The molecule has 0 spiro atoms. The molecule has 1 aliphatic carbocycles. The number of ether oxygens (including phenoxy) is 1. The van der Waals surface area contributed by atoms with Crippen LogP contribution in [0.5, 0.6) is 0 Å². The largest absolute Gasteiger partial charge is 0.444 e. The van der Waals surface area contributed by atoms with Gasteiger partial charge in [0.2, 0.25) is 17.8 Å². The van der Waals surface area contributed by atoms with Gasteiger partial charge in [-0.2, -0.15) is 18.2 Å². The average molecular weight is 1140 g/mol. The van der Waals surface area contributed by atoms with Crippen LogP contribution in [0.3, 0.4) is 0 Å². The molecule has 3 aliphatic rings. The minimum Gasteiger partial charge on any atom is -0.444 e. The molecule has 2 aliphatic heterocycles. The van der Waals surface area contributed by atoms with Crippen LogP contribution in [-0.2, 0) is 27.4 Å². The number of likely N-dealkylation sites (tertiary alicyclic amines) is 1. The fourth-order valence-electron chi connectivity index (χ4n) is 11.4. The Morgan fingerprint density at radius 3 is 2.19 bits per heavy atom. The second-order valence-corrected chi connectivity index (χ2v) is 25.6. The summed E-state index contributed by atoms with van der Waals surface area (Å²) in [5.41, 5.74) is 7.64. The van der Waals surface area contributed by atoms with E-state index in [9.17, 15) is 32.7 Å². The molecule has 3 atom stereocenters. The lowest BCUT2D eigenvalue weighted by Gasteiger charge is -2.36. The molecule has 16 nitrogen and oxygen atoms in total. The van der Waals surface area contributed by atoms with E-state index in [1.165, 1.54) is 5.56 Å². The van der Waals surface area contributed by atoms with Crippen LogP contribution in [0.2, 0.25) is 0 Å². The standard InChI is InChI=1S/C61H86F3N11O5S/c1-41-34-51(55(77)67-35-43-12-18-46(19-13-43)52-42(2)69-40-81-52)75(37-41)56(78)53(59(3,4)5)65-26-29-73(58(79)80-60(6,7)8)28-11-9-10-27-71-30-32-72(33-31-71)38-44-14-16-45(17-15-44)50-39-74(47-20-22-48(76)23-21-47)54-49(50)36-68-57(70-54)66-25-24-61(62,63)64/h12-19,36,39-41,47-48,51,53,65,76H,9-11,20-35,37-38H2,1-8H3,(H,67,77)(H,66,68,70)/t41-,47?,48?,51+,53-/m1/s1. The Kier molecular flexibility index (Phi) is 20.6. The van der Waals surface area contributed by atoms with E-state index in [-0.39, 0.29) is 48.5 Å². The highest BCUT2D eigenvalue weighted by atomic mass is 32.1. The number of unbranched alkanes of at least 4 members (excludes halogenated alkanes) is 2. The van der Waals surface area contributed by atoms with Crippen LogP contribution in [0.1, 0.15) is 129 Å². The molecule has 0 unspecified atom stereocenters. The zero-order valence-corrected chi connectivity index (χ0v) is 49.6. The predicted molar refractivity (Wildman–Crippen MR) is 314 cm³/mol. The molecule has 3 amide bonds. The lowest BCUT2D eigenvalue weighted by Crippen LogP contribution is -2.57. The van der Waals surface area contributed by atoms with Crippen LogP contribution in [0.15, 0.2) is 66.4 Å². The molecular formula is C61H86F3N11O5S. The van der Waals surface area contributed by atoms with Gasteiger partial charge < -0.3 is 45.1 Å². The number of anilines is 1. The van der Waals surface area contributed by atoms with Gasteiger partial charge in [-0.3, -0.25) is 14.5 Å². The molecule has 5 aromatic rings. The SMILES string of the molecule is Cc1ncsc1-c1ccc(CNC(=O)[C@@H]2C[C@@H](C)CN2C(=O)[C@@H](NCCN(CCCCCN2CCN(Cc3ccc(-c4cn(C5CCC(O)CC5)c5nc(NCCC(F)(F)F)ncc45)cc3)CC2)C(=O)OC(C)(C)C)C(C)(C)C)cc1. The summed E-state index contributed by atoms with van der Waals surface area (Å²) >= 11 is 1.61. The molecule has 20 heteroatoms. The maximum atomic E-state index is 14.5. The Morgan fingerprint density at radius 2 is 1.53 bits per heavy atom. The highest BCUT2D eigenvalue weighted by Gasteiger charge is 2.43. The van der Waals surface area contributed by atoms with E-state index in [1.807, 2.05) is 66.1 Å². The van der Waals surface area contributed by atoms with Gasteiger partial charge in [0.1, 0.15) is 17.3 Å². The van der Waals surface area contributed by atoms with Crippen molar-refractivity contribution in [2.24, 2.45) is 11.3 Å². The minimum absolute atomic E-state index is 0.108. The zero-order valence-electron chi connectivity index (χ0n) is 48.8. The summed E-state index contributed by atoms with van der Waals surface area (Å²) in [4.78, 5) is 65.0. The third-order valence-corrected chi connectivity index (χ3v) is 16.9. The molecule has 1 saturated carbocycles. The number of alkyl halides is 3. The molecule has 8 rings (SSSR count). The third kappa shape index (κ3) is 17.2. The number of halogens is 3. The zero-order chi connectivity index (χ0) is 58.1. The number of aliphatic hydroxyl groups excluding tert-OH is 1. The van der Waals surface area contributed by atoms with Gasteiger partial charge in [0.05, 0.1) is 34.6 Å². The highest BCUT2D eigenvalue weighted by molar-refractivity contribution is 7.13. The number of piperazine rings is 1. The maximum Gasteiger partial charge on any atom is 0.410 e. The number of benzene rings is 2. The number of hydrogen-bond donors (Lipinski definition) is 4. The van der Waals surface area contributed by atoms with Crippen molar-refractivity contribution in [2.75, 3.05) is 70.8 Å². The first kappa shape index (κ1) is 61.4. The van der Waals surface area contributed by atoms with Crippen molar-refractivity contribution >= 4 is 46.2 Å². The van der Waals surface area contributed by atoms with Crippen LogP contribution in [0, 0.1) is 18.3 Å². The highest BCUT2D eigenvalue weighted by Crippen LogP contribution is 2.37. The van der Waals surface area contributed by atoms with Crippen molar-refractivity contribution in [3.63, 3.8) is 0 Å². The number of aryl methyl sites for hydroxylation is 1. The maximum absolute atomic E-state index is 14.5. The van der Waals surface area contributed by atoms with Crippen molar-refractivity contribution in [3.05, 3.63) is 83.3 Å². The summed E-state index contributed by atoms with van der Waals surface area (Å²) in [5, 5.41) is 20.4. The summed E-state index contributed by atoms with van der Waals surface area (Å²) in [7, 11) is 0. The summed E-state index contributed by atoms with van der Waals surface area (Å²) < 4.78 is 46.6. The monoisotopic (exact) mass is 1140 g/mol. The van der Waals surface area contributed by atoms with Crippen molar-refractivity contribution < 1.29 is 37.4 Å². The first-order valence-electron chi connectivity index (χ1n) is 29.2. The summed E-state index contributed by atoms with van der Waals surface area (Å²) in [6.07, 6.45) is 4.14. The average Bonchev–Trinajstić information content (AvgIpc) is 4.18. The van der Waals surface area contributed by atoms with Gasteiger partial charge in [-0.05, 0) is 113 Å². The topological polar surface area (TPSA) is 173 Å². The second kappa shape index (κ2) is 27.2. The first-order chi connectivity index (χ1) is 38.5. The molecule has 3 aromatic heterocycles. The number of fused-ring (bicyclic) bond motifs is 1. The molecular weight excluding hydrogens is 1060 g/mol. The number of carbonyl (C=O) groups is 3. The van der Waals surface area contributed by atoms with Gasteiger partial charge in [-0.1, -0.05) is 82.6 Å². The van der Waals surface area contributed by atoms with Crippen LogP contribution in [0.25, 0.3) is 32.6 Å². The molecule has 4 N–H and O–H groups in total. The number of aromatic nitrogens is 4. The number of aliphatic hydroxyl groups is 1. The molecule has 0 bridgehead atoms. The van der Waals surface area contributed by atoms with Crippen LogP contribution < -0.4 is 16.0 Å². The second-order valence-electron chi connectivity index (χ2n) is 24.8. The molecule has 2 saturated heterocycles. The van der Waals surface area contributed by atoms with E-state index in [4.69, 9.17) is 9.72 Å². The third-order valence-electron chi connectivity index (χ3n) is 15.9. The summed E-state index contributed by atoms with van der Waals surface area (Å²) in [6, 6.07) is 15.7. The van der Waals surface area contributed by atoms with Crippen molar-refractivity contribution in [3.8, 4) is 21.6 Å². The molecule has 442 valence electrons. The molecule has 3 fully saturated rings. The van der Waals surface area contributed by atoms with E-state index in [0.29, 0.717) is 57.6 Å². The van der Waals surface area contributed by atoms with E-state index < -0.39 is 35.7 Å². The molecule has 81 heavy (non-hydrogen) atoms. The van der Waals surface area contributed by atoms with Gasteiger partial charge >= 0.3 is 12.3 Å². The fourth-order valence-corrected chi connectivity index (χ4v) is 12.2. The smallest absolute Gasteiger partial charge is 0.410 e. The van der Waals surface area contributed by atoms with Gasteiger partial charge in [-0.15, -0.1) is 11.3 Å². The minimum atomic E-state index is -4.28. The quantitative estimate of drug-likeness (QED) is 0.0484. The lowest BCUT2D eigenvalue weighted by molar-refractivity contribution is -0.142. The Labute approximate surface area is 480 Å². The van der Waals surface area contributed by atoms with Gasteiger partial charge in [0, 0.05) is 101 Å². The van der Waals surface area contributed by atoms with Crippen LogP contribution in [-0.4, -0.2) is 158 Å². The lowest BCUT2D eigenvalue weighted by atomic mass is 9.85. The first-order valence-corrected chi connectivity index (χ1v) is 30.0. The van der Waals surface area contributed by atoms with Gasteiger partial charge in [-0.25, -0.2) is 14.8 Å². The van der Waals surface area contributed by atoms with Crippen molar-refractivity contribution in [2.45, 2.75) is 162 Å². The Hall–Kier alpha value is -5.67. The number of nitrogens with one attached hydrogen (secondary N) is 3. The predicted octanol–water partition coefficient (Wildman–Crippen LogP) is 10.5. The van der Waals surface area contributed by atoms with Crippen molar-refractivity contribution in [1.82, 2.24) is 49.8 Å². The van der Waals surface area contributed by atoms with Gasteiger partial charge in [0.15, 0.2) is 0 Å². The van der Waals surface area contributed by atoms with E-state index in [2.05, 4.69) is 89.8 Å². The summed E-state index contributed by atoms with van der Waals surface area (Å²) in [5.74, 6) is 0.0690. The molecule has 5 heterocycles. The van der Waals surface area contributed by atoms with Crippen LogP contribution >= 0.6 is 11.3 Å².